The van der Waals surface area contributed by atoms with Crippen molar-refractivity contribution in [2.24, 2.45) is 23.2 Å². The van der Waals surface area contributed by atoms with E-state index in [1.807, 2.05) is 0 Å². The van der Waals surface area contributed by atoms with Crippen molar-refractivity contribution >= 4 is 23.0 Å². The maximum Gasteiger partial charge on any atom is 0.406 e. The summed E-state index contributed by atoms with van der Waals surface area (Å²) in [5.41, 5.74) is -1.23. The Morgan fingerprint density at radius 2 is 1.50 bits per heavy atom. The van der Waals surface area contributed by atoms with E-state index in [0.717, 1.165) is 19.3 Å². The van der Waals surface area contributed by atoms with Crippen molar-refractivity contribution in [2.45, 2.75) is 38.5 Å². The lowest BCUT2D eigenvalue weighted by atomic mass is 9.49. The molecule has 0 aromatic heterocycles. The molecule has 0 N–H and O–H groups in total. The summed E-state index contributed by atoms with van der Waals surface area (Å²) in [6.07, 6.45) is 6.70. The number of halogens is 1. The van der Waals surface area contributed by atoms with Crippen LogP contribution in [-0.4, -0.2) is 18.2 Å². The Kier molecular flexibility index (Phi) is 3.00. The molecule has 18 heavy (non-hydrogen) atoms. The van der Waals surface area contributed by atoms with Gasteiger partial charge >= 0.3 is 11.4 Å². The van der Waals surface area contributed by atoms with Crippen LogP contribution in [0.5, 0.6) is 0 Å². The van der Waals surface area contributed by atoms with Crippen LogP contribution in [-0.2, 0) is 14.3 Å². The summed E-state index contributed by atoms with van der Waals surface area (Å²) in [6, 6.07) is 0. The van der Waals surface area contributed by atoms with Gasteiger partial charge in [-0.05, 0) is 56.3 Å². The van der Waals surface area contributed by atoms with E-state index in [1.165, 1.54) is 19.3 Å². The minimum atomic E-state index is -0.937. The van der Waals surface area contributed by atoms with E-state index in [9.17, 15) is 9.59 Å². The number of carbonyl (C=O) groups is 2. The predicted molar refractivity (Wildman–Crippen MR) is 63.9 cm³/mol. The Morgan fingerprint density at radius 1 is 1.00 bits per heavy atom. The zero-order chi connectivity index (χ0) is 12.8. The molecule has 100 valence electrons. The molecule has 0 amide bonds. The molecule has 0 heterocycles. The smallest absolute Gasteiger partial charge is 0.406 e. The topological polar surface area (TPSA) is 52.6 Å². The molecular weight excluding hydrogens is 256 g/mol. The fraction of sp³-hybridized carbons (Fsp3) is 0.846. The van der Waals surface area contributed by atoms with Crippen molar-refractivity contribution in [3.05, 3.63) is 0 Å². The Morgan fingerprint density at radius 3 is 1.94 bits per heavy atom. The molecule has 0 unspecified atom stereocenters. The van der Waals surface area contributed by atoms with E-state index < -0.39 is 5.43 Å². The van der Waals surface area contributed by atoms with Crippen molar-refractivity contribution < 1.29 is 19.1 Å². The van der Waals surface area contributed by atoms with E-state index in [0.29, 0.717) is 17.8 Å². The van der Waals surface area contributed by atoms with E-state index in [-0.39, 0.29) is 18.2 Å². The lowest BCUT2D eigenvalue weighted by Gasteiger charge is -2.55. The van der Waals surface area contributed by atoms with Crippen LogP contribution in [0, 0.1) is 23.2 Å². The van der Waals surface area contributed by atoms with Gasteiger partial charge in [-0.2, -0.15) is 0 Å². The first-order chi connectivity index (χ1) is 8.57. The summed E-state index contributed by atoms with van der Waals surface area (Å²) in [4.78, 5) is 22.6. The minimum absolute atomic E-state index is 0.195. The lowest BCUT2D eigenvalue weighted by Crippen LogP contribution is -2.50. The first-order valence-corrected chi connectivity index (χ1v) is 6.95. The second kappa shape index (κ2) is 4.41. The highest BCUT2D eigenvalue weighted by Gasteiger charge is 2.55. The van der Waals surface area contributed by atoms with Crippen molar-refractivity contribution in [3.63, 3.8) is 0 Å². The van der Waals surface area contributed by atoms with E-state index in [4.69, 9.17) is 16.3 Å². The van der Waals surface area contributed by atoms with Crippen molar-refractivity contribution in [3.8, 4) is 0 Å². The predicted octanol–water partition coefficient (Wildman–Crippen LogP) is 3.08. The van der Waals surface area contributed by atoms with Crippen molar-refractivity contribution in [1.29, 1.82) is 0 Å². The average Bonchev–Trinajstić information content (AvgIpc) is 2.26. The van der Waals surface area contributed by atoms with E-state index in [1.54, 1.807) is 0 Å². The molecule has 4 rings (SSSR count). The van der Waals surface area contributed by atoms with Gasteiger partial charge in [0.15, 0.2) is 0 Å². The SMILES string of the molecule is O=C(Cl)OCOC(=O)C12CC3CC(CC(C3)C1)C2. The highest BCUT2D eigenvalue weighted by Crippen LogP contribution is 2.60. The van der Waals surface area contributed by atoms with Gasteiger partial charge < -0.3 is 9.47 Å². The van der Waals surface area contributed by atoms with Gasteiger partial charge in [-0.1, -0.05) is 0 Å². The molecule has 4 nitrogen and oxygen atoms in total. The molecule has 0 aromatic rings. The van der Waals surface area contributed by atoms with Gasteiger partial charge in [-0.3, -0.25) is 4.79 Å². The number of rotatable bonds is 3. The van der Waals surface area contributed by atoms with Gasteiger partial charge in [-0.15, -0.1) is 0 Å². The third-order valence-electron chi connectivity index (χ3n) is 4.83. The minimum Gasteiger partial charge on any atom is -0.427 e. The van der Waals surface area contributed by atoms with Gasteiger partial charge in [-0.25, -0.2) is 4.79 Å². The van der Waals surface area contributed by atoms with Gasteiger partial charge in [0.2, 0.25) is 6.79 Å². The second-order valence-electron chi connectivity index (χ2n) is 6.13. The van der Waals surface area contributed by atoms with Crippen molar-refractivity contribution in [1.82, 2.24) is 0 Å². The molecule has 0 spiro atoms. The van der Waals surface area contributed by atoms with Crippen LogP contribution in [0.1, 0.15) is 38.5 Å². The average molecular weight is 273 g/mol. The highest BCUT2D eigenvalue weighted by atomic mass is 35.5. The van der Waals surface area contributed by atoms with Gasteiger partial charge in [0, 0.05) is 11.6 Å². The summed E-state index contributed by atoms with van der Waals surface area (Å²) < 4.78 is 9.53. The molecule has 0 atom stereocenters. The molecule has 0 aromatic carbocycles. The maximum absolute atomic E-state index is 12.2. The molecule has 4 bridgehead atoms. The molecular formula is C13H17ClO4. The van der Waals surface area contributed by atoms with Crippen LogP contribution in [0.25, 0.3) is 0 Å². The van der Waals surface area contributed by atoms with E-state index in [2.05, 4.69) is 4.74 Å². The Bertz CT molecular complexity index is 344. The van der Waals surface area contributed by atoms with Crippen LogP contribution in [0.4, 0.5) is 4.79 Å². The zero-order valence-corrected chi connectivity index (χ0v) is 10.9. The van der Waals surface area contributed by atoms with Gasteiger partial charge in [0.05, 0.1) is 5.41 Å². The molecule has 5 heteroatoms. The fourth-order valence-electron chi connectivity index (χ4n) is 4.64. The third-order valence-corrected chi connectivity index (χ3v) is 4.94. The maximum atomic E-state index is 12.2. The third kappa shape index (κ3) is 2.11. The quantitative estimate of drug-likeness (QED) is 0.450. The van der Waals surface area contributed by atoms with Gasteiger partial charge in [0.25, 0.3) is 0 Å². The Balaban J connectivity index is 1.64. The molecule has 4 aliphatic carbocycles. The fourth-order valence-corrected chi connectivity index (χ4v) is 4.69. The Hall–Kier alpha value is -0.770. The van der Waals surface area contributed by atoms with Gasteiger partial charge in [0.1, 0.15) is 0 Å². The molecule has 0 saturated heterocycles. The first kappa shape index (κ1) is 12.3. The van der Waals surface area contributed by atoms with Crippen LogP contribution < -0.4 is 0 Å². The van der Waals surface area contributed by atoms with E-state index >= 15 is 0 Å². The normalized spacial score (nSPS) is 40.6. The summed E-state index contributed by atoms with van der Waals surface area (Å²) in [7, 11) is 0. The largest absolute Gasteiger partial charge is 0.427 e. The number of hydrogen-bond acceptors (Lipinski definition) is 4. The number of hydrogen-bond donors (Lipinski definition) is 0. The van der Waals surface area contributed by atoms with Crippen LogP contribution in [0.3, 0.4) is 0 Å². The number of esters is 1. The molecule has 0 aliphatic heterocycles. The lowest BCUT2D eigenvalue weighted by molar-refractivity contribution is -0.178. The molecule has 0 radical (unpaired) electrons. The standard InChI is InChI=1S/C13H17ClO4/c14-12(16)18-7-17-11(15)13-4-8-1-9(5-13)3-10(2-8)6-13/h8-10H,1-7H2. The van der Waals surface area contributed by atoms with Crippen LogP contribution in [0.2, 0.25) is 0 Å². The van der Waals surface area contributed by atoms with Crippen molar-refractivity contribution in [2.75, 3.05) is 6.79 Å². The summed E-state index contributed by atoms with van der Waals surface area (Å²) in [5, 5.41) is 0. The molecule has 4 aliphatic rings. The summed E-state index contributed by atoms with van der Waals surface area (Å²) in [6.45, 7) is -0.358. The van der Waals surface area contributed by atoms with Crippen LogP contribution in [0.15, 0.2) is 0 Å². The van der Waals surface area contributed by atoms with Crippen LogP contribution >= 0.6 is 11.6 Å². The number of ether oxygens (including phenoxy) is 2. The molecule has 4 fully saturated rings. The molecule has 4 saturated carbocycles. The summed E-state index contributed by atoms with van der Waals surface area (Å²) in [5.74, 6) is 1.89. The zero-order valence-electron chi connectivity index (χ0n) is 10.2. The monoisotopic (exact) mass is 272 g/mol. The first-order valence-electron chi connectivity index (χ1n) is 6.57. The number of carbonyl (C=O) groups excluding carboxylic acids is 2. The summed E-state index contributed by atoms with van der Waals surface area (Å²) >= 11 is 5.03. The highest BCUT2D eigenvalue weighted by molar-refractivity contribution is 6.61. The second-order valence-corrected chi connectivity index (χ2v) is 6.44. The Labute approximate surface area is 111 Å².